The van der Waals surface area contributed by atoms with Crippen LogP contribution in [0.4, 0.5) is 0 Å². The molecule has 23 heavy (non-hydrogen) atoms. The van der Waals surface area contributed by atoms with Gasteiger partial charge in [0, 0.05) is 0 Å². The fourth-order valence-corrected chi connectivity index (χ4v) is 6.67. The molecule has 3 atom stereocenters. The maximum absolute atomic E-state index is 6.01. The Bertz CT molecular complexity index is 481. The third kappa shape index (κ3) is 3.67. The van der Waals surface area contributed by atoms with Gasteiger partial charge in [-0.05, 0) is 0 Å². The average Bonchev–Trinajstić information content (AvgIpc) is 3.36. The maximum atomic E-state index is 6.01. The molecule has 3 saturated heterocycles. The molecule has 3 aliphatic heterocycles. The zero-order valence-electron chi connectivity index (χ0n) is 13.7. The van der Waals surface area contributed by atoms with Crippen molar-refractivity contribution in [1.82, 2.24) is 0 Å². The van der Waals surface area contributed by atoms with Gasteiger partial charge in [0.15, 0.2) is 0 Å². The van der Waals surface area contributed by atoms with Crippen molar-refractivity contribution in [1.29, 1.82) is 0 Å². The van der Waals surface area contributed by atoms with Crippen LogP contribution in [0.1, 0.15) is 61.9 Å². The van der Waals surface area contributed by atoms with Crippen molar-refractivity contribution in [2.75, 3.05) is 19.8 Å². The number of rotatable bonds is 5. The quantitative estimate of drug-likeness (QED) is 0.733. The topological polar surface area (TPSA) is 27.7 Å². The van der Waals surface area contributed by atoms with Crippen molar-refractivity contribution in [2.45, 2.75) is 62.2 Å². The Morgan fingerprint density at radius 1 is 0.826 bits per heavy atom. The fraction of sp³-hybridized carbons (Fsp3) is 0.684. The average molecular weight is 381 g/mol. The molecule has 4 heteroatoms. The third-order valence-corrected chi connectivity index (χ3v) is 7.79. The van der Waals surface area contributed by atoms with Crippen LogP contribution in [-0.2, 0) is 14.2 Å². The summed E-state index contributed by atoms with van der Waals surface area (Å²) in [6, 6.07) is 6.79. The van der Waals surface area contributed by atoms with Crippen LogP contribution in [0.2, 0.25) is 5.32 Å². The Balaban J connectivity index is 1.59. The van der Waals surface area contributed by atoms with Crippen molar-refractivity contribution in [3.63, 3.8) is 0 Å². The SMILES string of the molecule is c1cc([C@@H]2CCCO2)c([Se]CC2CCCO2)c([C@@H]2CCCO2)c1. The molecule has 1 aromatic rings. The van der Waals surface area contributed by atoms with E-state index in [1.807, 2.05) is 0 Å². The number of hydrogen-bond acceptors (Lipinski definition) is 3. The summed E-state index contributed by atoms with van der Waals surface area (Å²) in [4.78, 5) is 0. The zero-order valence-corrected chi connectivity index (χ0v) is 15.4. The summed E-state index contributed by atoms with van der Waals surface area (Å²) >= 11 is 0.443. The van der Waals surface area contributed by atoms with Crippen LogP contribution in [0.15, 0.2) is 18.2 Å². The summed E-state index contributed by atoms with van der Waals surface area (Å²) in [6.45, 7) is 2.77. The number of benzene rings is 1. The second-order valence-corrected chi connectivity index (χ2v) is 8.88. The second-order valence-electron chi connectivity index (χ2n) is 6.71. The standard InChI is InChI=1S/C19H26O3Se/c1-6-15(17-8-3-11-21-17)19(23-13-14-5-2-10-20-14)16(7-1)18-9-4-12-22-18/h1,6-7,14,17-18H,2-5,8-13H2/t14?,17-,18-/m0/s1. The van der Waals surface area contributed by atoms with Gasteiger partial charge in [0.05, 0.1) is 0 Å². The molecule has 3 aliphatic rings. The summed E-state index contributed by atoms with van der Waals surface area (Å²) in [5, 5.41) is 1.19. The number of hydrogen-bond donors (Lipinski definition) is 0. The van der Waals surface area contributed by atoms with Crippen molar-refractivity contribution < 1.29 is 14.2 Å². The van der Waals surface area contributed by atoms with Crippen LogP contribution in [0, 0.1) is 0 Å². The molecular weight excluding hydrogens is 355 g/mol. The first-order chi connectivity index (χ1) is 11.4. The predicted molar refractivity (Wildman–Crippen MR) is 91.5 cm³/mol. The van der Waals surface area contributed by atoms with Gasteiger partial charge in [0.2, 0.25) is 0 Å². The molecule has 3 fully saturated rings. The Morgan fingerprint density at radius 2 is 1.43 bits per heavy atom. The molecule has 0 bridgehead atoms. The van der Waals surface area contributed by atoms with E-state index < -0.39 is 0 Å². The van der Waals surface area contributed by atoms with Crippen LogP contribution < -0.4 is 4.46 Å². The van der Waals surface area contributed by atoms with Crippen molar-refractivity contribution in [3.05, 3.63) is 29.3 Å². The first-order valence-electron chi connectivity index (χ1n) is 9.02. The molecule has 3 heterocycles. The molecule has 1 unspecified atom stereocenters. The summed E-state index contributed by atoms with van der Waals surface area (Å²) in [7, 11) is 0. The molecule has 3 nitrogen and oxygen atoms in total. The van der Waals surface area contributed by atoms with Gasteiger partial charge in [-0.3, -0.25) is 0 Å². The number of ether oxygens (including phenoxy) is 3. The van der Waals surface area contributed by atoms with E-state index in [4.69, 9.17) is 14.2 Å². The molecule has 0 radical (unpaired) electrons. The van der Waals surface area contributed by atoms with E-state index in [1.165, 1.54) is 42.1 Å². The molecule has 0 amide bonds. The van der Waals surface area contributed by atoms with Crippen molar-refractivity contribution in [3.8, 4) is 0 Å². The van der Waals surface area contributed by atoms with E-state index in [-0.39, 0.29) is 0 Å². The van der Waals surface area contributed by atoms with Gasteiger partial charge in [-0.15, -0.1) is 0 Å². The van der Waals surface area contributed by atoms with Crippen LogP contribution in [0.5, 0.6) is 0 Å². The van der Waals surface area contributed by atoms with Crippen LogP contribution in [0.25, 0.3) is 0 Å². The van der Waals surface area contributed by atoms with E-state index in [1.54, 1.807) is 4.46 Å². The second kappa shape index (κ2) is 7.67. The first-order valence-corrected chi connectivity index (χ1v) is 11.1. The summed E-state index contributed by atoms with van der Waals surface area (Å²) in [5.41, 5.74) is 2.88. The minimum atomic E-state index is 0.303. The minimum absolute atomic E-state index is 0.303. The van der Waals surface area contributed by atoms with E-state index in [0.717, 1.165) is 32.7 Å². The van der Waals surface area contributed by atoms with E-state index in [9.17, 15) is 0 Å². The van der Waals surface area contributed by atoms with E-state index in [2.05, 4.69) is 18.2 Å². The van der Waals surface area contributed by atoms with Gasteiger partial charge in [0.1, 0.15) is 0 Å². The Morgan fingerprint density at radius 3 is 1.96 bits per heavy atom. The normalized spacial score (nSPS) is 31.0. The van der Waals surface area contributed by atoms with E-state index in [0.29, 0.717) is 33.3 Å². The zero-order chi connectivity index (χ0) is 15.5. The molecule has 0 saturated carbocycles. The molecule has 0 spiro atoms. The molecule has 4 rings (SSSR count). The molecular formula is C19H26O3Se. The molecule has 0 aliphatic carbocycles. The van der Waals surface area contributed by atoms with Gasteiger partial charge < -0.3 is 0 Å². The summed E-state index contributed by atoms with van der Waals surface area (Å²) in [5.74, 6) is 0. The summed E-state index contributed by atoms with van der Waals surface area (Å²) in [6.07, 6.45) is 8.25. The fourth-order valence-electron chi connectivity index (χ4n) is 3.85. The Hall–Kier alpha value is -0.381. The van der Waals surface area contributed by atoms with Gasteiger partial charge in [-0.25, -0.2) is 0 Å². The van der Waals surface area contributed by atoms with Crippen LogP contribution >= 0.6 is 0 Å². The van der Waals surface area contributed by atoms with Gasteiger partial charge in [-0.2, -0.15) is 0 Å². The van der Waals surface area contributed by atoms with Gasteiger partial charge >= 0.3 is 145 Å². The Labute approximate surface area is 145 Å². The van der Waals surface area contributed by atoms with Crippen molar-refractivity contribution in [2.24, 2.45) is 0 Å². The van der Waals surface area contributed by atoms with Crippen LogP contribution in [-0.4, -0.2) is 40.9 Å². The van der Waals surface area contributed by atoms with E-state index >= 15 is 0 Å². The molecule has 126 valence electrons. The third-order valence-electron chi connectivity index (χ3n) is 5.07. The molecule has 0 N–H and O–H groups in total. The van der Waals surface area contributed by atoms with Crippen LogP contribution in [0.3, 0.4) is 0 Å². The Kier molecular flexibility index (Phi) is 5.37. The molecule has 0 aromatic heterocycles. The monoisotopic (exact) mass is 382 g/mol. The first kappa shape index (κ1) is 16.1. The van der Waals surface area contributed by atoms with Gasteiger partial charge in [0.25, 0.3) is 0 Å². The molecule has 1 aromatic carbocycles. The summed E-state index contributed by atoms with van der Waals surface area (Å²) < 4.78 is 19.4. The predicted octanol–water partition coefficient (Wildman–Crippen LogP) is 3.32. The van der Waals surface area contributed by atoms with Crippen molar-refractivity contribution >= 4 is 19.4 Å². The van der Waals surface area contributed by atoms with Gasteiger partial charge in [-0.1, -0.05) is 0 Å².